The van der Waals surface area contributed by atoms with Gasteiger partial charge in [-0.2, -0.15) is 0 Å². The SMILES string of the molecule is Cn1cnnc1CCC(=O)N(Cc1ccccn1)C1CCCCC1. The maximum atomic E-state index is 12.9. The van der Waals surface area contributed by atoms with Crippen LogP contribution in [0.3, 0.4) is 0 Å². The summed E-state index contributed by atoms with van der Waals surface area (Å²) >= 11 is 0. The molecule has 0 unspecified atom stereocenters. The molecule has 0 bridgehead atoms. The van der Waals surface area contributed by atoms with Gasteiger partial charge in [-0.25, -0.2) is 0 Å². The fourth-order valence-electron chi connectivity index (χ4n) is 3.38. The molecule has 128 valence electrons. The van der Waals surface area contributed by atoms with Crippen LogP contribution in [0.4, 0.5) is 0 Å². The number of rotatable bonds is 6. The highest BCUT2D eigenvalue weighted by Crippen LogP contribution is 2.24. The van der Waals surface area contributed by atoms with Crippen molar-refractivity contribution in [2.24, 2.45) is 7.05 Å². The zero-order valence-electron chi connectivity index (χ0n) is 14.3. The number of amides is 1. The maximum absolute atomic E-state index is 12.9. The van der Waals surface area contributed by atoms with E-state index in [2.05, 4.69) is 15.2 Å². The van der Waals surface area contributed by atoms with E-state index in [0.29, 0.717) is 25.4 Å². The number of carbonyl (C=O) groups is 1. The highest BCUT2D eigenvalue weighted by Gasteiger charge is 2.25. The second kappa shape index (κ2) is 8.04. The van der Waals surface area contributed by atoms with Crippen LogP contribution in [0.1, 0.15) is 50.0 Å². The molecule has 24 heavy (non-hydrogen) atoms. The van der Waals surface area contributed by atoms with Gasteiger partial charge in [0.25, 0.3) is 0 Å². The molecule has 0 spiro atoms. The third-order valence-electron chi connectivity index (χ3n) is 4.76. The van der Waals surface area contributed by atoms with Crippen LogP contribution in [0, 0.1) is 0 Å². The van der Waals surface area contributed by atoms with Gasteiger partial charge in [0.15, 0.2) is 0 Å². The average molecular weight is 327 g/mol. The van der Waals surface area contributed by atoms with Gasteiger partial charge in [0, 0.05) is 32.1 Å². The van der Waals surface area contributed by atoms with Crippen molar-refractivity contribution < 1.29 is 4.79 Å². The fourth-order valence-corrected chi connectivity index (χ4v) is 3.38. The molecule has 1 aliphatic carbocycles. The lowest BCUT2D eigenvalue weighted by Gasteiger charge is -2.34. The van der Waals surface area contributed by atoms with Crippen LogP contribution in [0.15, 0.2) is 30.7 Å². The maximum Gasteiger partial charge on any atom is 0.223 e. The number of aryl methyl sites for hydroxylation is 2. The molecule has 0 atom stereocenters. The Bertz CT molecular complexity index is 648. The van der Waals surface area contributed by atoms with E-state index in [1.165, 1.54) is 19.3 Å². The van der Waals surface area contributed by atoms with Gasteiger partial charge in [0.1, 0.15) is 12.2 Å². The molecule has 0 saturated heterocycles. The molecular weight excluding hydrogens is 302 g/mol. The minimum Gasteiger partial charge on any atom is -0.334 e. The van der Waals surface area contributed by atoms with E-state index in [1.54, 1.807) is 12.5 Å². The van der Waals surface area contributed by atoms with E-state index in [0.717, 1.165) is 24.4 Å². The first-order chi connectivity index (χ1) is 11.7. The number of pyridine rings is 1. The van der Waals surface area contributed by atoms with E-state index >= 15 is 0 Å². The van der Waals surface area contributed by atoms with Crippen LogP contribution in [0.5, 0.6) is 0 Å². The standard InChI is InChI=1S/C18H25N5O/c1-22-14-20-21-17(22)10-11-18(24)23(16-8-3-2-4-9-16)13-15-7-5-6-12-19-15/h5-7,12,14,16H,2-4,8-11,13H2,1H3. The number of carbonyl (C=O) groups excluding carboxylic acids is 1. The Hall–Kier alpha value is -2.24. The molecule has 1 amide bonds. The van der Waals surface area contributed by atoms with Crippen LogP contribution in [-0.4, -0.2) is 36.6 Å². The molecule has 2 aromatic rings. The molecule has 6 nitrogen and oxygen atoms in total. The summed E-state index contributed by atoms with van der Waals surface area (Å²) < 4.78 is 1.87. The molecule has 1 saturated carbocycles. The molecule has 1 aliphatic rings. The number of nitrogens with zero attached hydrogens (tertiary/aromatic N) is 5. The Labute approximate surface area is 142 Å². The zero-order valence-corrected chi connectivity index (χ0v) is 14.3. The van der Waals surface area contributed by atoms with Gasteiger partial charge >= 0.3 is 0 Å². The third-order valence-corrected chi connectivity index (χ3v) is 4.76. The van der Waals surface area contributed by atoms with Crippen molar-refractivity contribution in [2.45, 2.75) is 57.5 Å². The summed E-state index contributed by atoms with van der Waals surface area (Å²) in [7, 11) is 1.91. The highest BCUT2D eigenvalue weighted by atomic mass is 16.2. The van der Waals surface area contributed by atoms with Gasteiger partial charge < -0.3 is 9.47 Å². The lowest BCUT2D eigenvalue weighted by Crippen LogP contribution is -2.41. The molecule has 3 rings (SSSR count). The Kier molecular flexibility index (Phi) is 5.56. The largest absolute Gasteiger partial charge is 0.334 e. The van der Waals surface area contributed by atoms with Crippen molar-refractivity contribution in [1.82, 2.24) is 24.6 Å². The van der Waals surface area contributed by atoms with Crippen molar-refractivity contribution in [2.75, 3.05) is 0 Å². The first-order valence-electron chi connectivity index (χ1n) is 8.76. The average Bonchev–Trinajstić information content (AvgIpc) is 3.04. The second-order valence-electron chi connectivity index (χ2n) is 6.49. The smallest absolute Gasteiger partial charge is 0.223 e. The summed E-state index contributed by atoms with van der Waals surface area (Å²) in [5, 5.41) is 7.95. The topological polar surface area (TPSA) is 63.9 Å². The molecule has 2 heterocycles. The molecular formula is C18H25N5O. The first kappa shape index (κ1) is 16.6. The van der Waals surface area contributed by atoms with Crippen molar-refractivity contribution >= 4 is 5.91 Å². The van der Waals surface area contributed by atoms with Crippen molar-refractivity contribution in [3.63, 3.8) is 0 Å². The van der Waals surface area contributed by atoms with Gasteiger partial charge in [-0.3, -0.25) is 9.78 Å². The minimum atomic E-state index is 0.190. The lowest BCUT2D eigenvalue weighted by molar-refractivity contribution is -0.135. The summed E-state index contributed by atoms with van der Waals surface area (Å²) in [6.07, 6.45) is 10.5. The molecule has 6 heteroatoms. The molecule has 0 aliphatic heterocycles. The monoisotopic (exact) mass is 327 g/mol. The molecule has 0 radical (unpaired) electrons. The summed E-state index contributed by atoms with van der Waals surface area (Å²) in [5.41, 5.74) is 0.954. The first-order valence-corrected chi connectivity index (χ1v) is 8.76. The quantitative estimate of drug-likeness (QED) is 0.818. The second-order valence-corrected chi connectivity index (χ2v) is 6.49. The van der Waals surface area contributed by atoms with Gasteiger partial charge in [-0.1, -0.05) is 25.3 Å². The van der Waals surface area contributed by atoms with Gasteiger partial charge in [0.05, 0.1) is 12.2 Å². The van der Waals surface area contributed by atoms with E-state index in [9.17, 15) is 4.79 Å². The lowest BCUT2D eigenvalue weighted by atomic mass is 9.93. The number of hydrogen-bond acceptors (Lipinski definition) is 4. The van der Waals surface area contributed by atoms with Gasteiger partial charge in [0.2, 0.25) is 5.91 Å². The third kappa shape index (κ3) is 4.19. The molecule has 0 aromatic carbocycles. The molecule has 1 fully saturated rings. The van der Waals surface area contributed by atoms with Crippen molar-refractivity contribution in [1.29, 1.82) is 0 Å². The Morgan fingerprint density at radius 3 is 2.79 bits per heavy atom. The van der Waals surface area contributed by atoms with E-state index in [1.807, 2.05) is 34.7 Å². The van der Waals surface area contributed by atoms with Crippen molar-refractivity contribution in [3.05, 3.63) is 42.2 Å². The van der Waals surface area contributed by atoms with Crippen molar-refractivity contribution in [3.8, 4) is 0 Å². The van der Waals surface area contributed by atoms with Gasteiger partial charge in [-0.05, 0) is 25.0 Å². The number of hydrogen-bond donors (Lipinski definition) is 0. The summed E-state index contributed by atoms with van der Waals surface area (Å²) in [6, 6.07) is 6.22. The minimum absolute atomic E-state index is 0.190. The van der Waals surface area contributed by atoms with Crippen LogP contribution >= 0.6 is 0 Å². The molecule has 2 aromatic heterocycles. The summed E-state index contributed by atoms with van der Waals surface area (Å²) in [6.45, 7) is 0.600. The van der Waals surface area contributed by atoms with Crippen LogP contribution < -0.4 is 0 Å². The van der Waals surface area contributed by atoms with E-state index < -0.39 is 0 Å². The van der Waals surface area contributed by atoms with E-state index in [-0.39, 0.29) is 5.91 Å². The van der Waals surface area contributed by atoms with Crippen LogP contribution in [0.25, 0.3) is 0 Å². The number of aromatic nitrogens is 4. The van der Waals surface area contributed by atoms with Gasteiger partial charge in [-0.15, -0.1) is 10.2 Å². The van der Waals surface area contributed by atoms with E-state index in [4.69, 9.17) is 0 Å². The predicted molar refractivity (Wildman–Crippen MR) is 91.0 cm³/mol. The summed E-state index contributed by atoms with van der Waals surface area (Å²) in [5.74, 6) is 1.04. The van der Waals surface area contributed by atoms with Crippen LogP contribution in [-0.2, 0) is 24.8 Å². The van der Waals surface area contributed by atoms with Crippen LogP contribution in [0.2, 0.25) is 0 Å². The molecule has 0 N–H and O–H groups in total. The Balaban J connectivity index is 1.68. The Morgan fingerprint density at radius 2 is 2.12 bits per heavy atom. The summed E-state index contributed by atoms with van der Waals surface area (Å²) in [4.78, 5) is 19.3. The fraction of sp³-hybridized carbons (Fsp3) is 0.556. The zero-order chi connectivity index (χ0) is 16.8. The Morgan fingerprint density at radius 1 is 1.29 bits per heavy atom. The normalized spacial score (nSPS) is 15.4. The predicted octanol–water partition coefficient (Wildman–Crippen LogP) is 2.50. The highest BCUT2D eigenvalue weighted by molar-refractivity contribution is 5.76.